The van der Waals surface area contributed by atoms with Crippen LogP contribution in [0.2, 0.25) is 0 Å². The molecule has 0 aliphatic carbocycles. The highest BCUT2D eigenvalue weighted by Gasteiger charge is 2.24. The summed E-state index contributed by atoms with van der Waals surface area (Å²) in [4.78, 5) is 0. The van der Waals surface area contributed by atoms with E-state index >= 15 is 0 Å². The van der Waals surface area contributed by atoms with Crippen molar-refractivity contribution in [1.29, 1.82) is 0 Å². The Bertz CT molecular complexity index is 985. The molecule has 2 aromatic carbocycles. The summed E-state index contributed by atoms with van der Waals surface area (Å²) in [7, 11) is 3.36. The lowest BCUT2D eigenvalue weighted by Gasteiger charge is -2.15. The number of nitrogens with one attached hydrogen (secondary N) is 1. The molecule has 0 spiro atoms. The first-order valence-electron chi connectivity index (χ1n) is 10.3. The second-order valence-electron chi connectivity index (χ2n) is 7.79. The minimum absolute atomic E-state index is 0.414. The molecule has 1 N–H and O–H groups in total. The third kappa shape index (κ3) is 3.69. The third-order valence-electron chi connectivity index (χ3n) is 5.54. The fourth-order valence-electron chi connectivity index (χ4n) is 4.02. The number of anilines is 1. The summed E-state index contributed by atoms with van der Waals surface area (Å²) < 4.78 is 13.1. The number of methoxy groups -OCH3 is 2. The first-order valence-corrected chi connectivity index (χ1v) is 10.3. The summed E-state index contributed by atoms with van der Waals surface area (Å²) in [5.41, 5.74) is 5.69. The van der Waals surface area contributed by atoms with Gasteiger partial charge in [-0.05, 0) is 48.9 Å². The number of ether oxygens (including phenoxy) is 2. The maximum Gasteiger partial charge on any atom is 0.133 e. The molecule has 0 bridgehead atoms. The zero-order valence-corrected chi connectivity index (χ0v) is 17.7. The first-order chi connectivity index (χ1) is 14.1. The molecule has 0 saturated heterocycles. The molecule has 0 saturated carbocycles. The van der Waals surface area contributed by atoms with E-state index in [0.29, 0.717) is 5.92 Å². The highest BCUT2D eigenvalue weighted by molar-refractivity contribution is 5.73. The van der Waals surface area contributed by atoms with E-state index in [1.807, 2.05) is 18.2 Å². The van der Waals surface area contributed by atoms with Crippen LogP contribution in [0.25, 0.3) is 16.9 Å². The Hall–Kier alpha value is -2.95. The van der Waals surface area contributed by atoms with Crippen molar-refractivity contribution < 1.29 is 9.47 Å². The van der Waals surface area contributed by atoms with Crippen LogP contribution < -0.4 is 14.8 Å². The Labute approximate surface area is 172 Å². The standard InChI is InChI=1S/C24H29N3O2/c1-16(2)20-9-5-6-11-22(20)27-24-21(10-7-8-12-25-24)23(26-27)17-13-18(28-3)15-19(14-17)29-4/h5-6,9,11,13-16,25H,7-8,10,12H2,1-4H3. The van der Waals surface area contributed by atoms with Gasteiger partial charge in [0.1, 0.15) is 17.3 Å². The average molecular weight is 392 g/mol. The van der Waals surface area contributed by atoms with Gasteiger partial charge in [-0.25, -0.2) is 4.68 Å². The topological polar surface area (TPSA) is 48.3 Å². The summed E-state index contributed by atoms with van der Waals surface area (Å²) in [6.45, 7) is 5.41. The molecular formula is C24H29N3O2. The number of fused-ring (bicyclic) bond motifs is 1. The van der Waals surface area contributed by atoms with Crippen LogP contribution in [0, 0.1) is 0 Å². The molecule has 4 rings (SSSR count). The van der Waals surface area contributed by atoms with Gasteiger partial charge in [0, 0.05) is 23.7 Å². The second-order valence-corrected chi connectivity index (χ2v) is 7.79. The summed E-state index contributed by atoms with van der Waals surface area (Å²) in [6, 6.07) is 14.5. The van der Waals surface area contributed by atoms with Crippen LogP contribution in [0.5, 0.6) is 11.5 Å². The van der Waals surface area contributed by atoms with Crippen molar-refractivity contribution >= 4 is 5.82 Å². The van der Waals surface area contributed by atoms with E-state index in [4.69, 9.17) is 14.6 Å². The van der Waals surface area contributed by atoms with Crippen molar-refractivity contribution in [2.45, 2.75) is 39.0 Å². The van der Waals surface area contributed by atoms with Crippen molar-refractivity contribution in [3.05, 3.63) is 53.6 Å². The van der Waals surface area contributed by atoms with Crippen LogP contribution in [0.3, 0.4) is 0 Å². The Morgan fingerprint density at radius 1 is 1.00 bits per heavy atom. The predicted octanol–water partition coefficient (Wildman–Crippen LogP) is 5.43. The van der Waals surface area contributed by atoms with Crippen LogP contribution in [0.4, 0.5) is 5.82 Å². The van der Waals surface area contributed by atoms with Crippen molar-refractivity contribution in [3.8, 4) is 28.4 Å². The number of nitrogens with zero attached hydrogens (tertiary/aromatic N) is 2. The SMILES string of the molecule is COc1cc(OC)cc(-c2nn(-c3ccccc3C(C)C)c3c2CCCCN3)c1. The molecule has 0 amide bonds. The fraction of sp³-hybridized carbons (Fsp3) is 0.375. The second kappa shape index (κ2) is 8.19. The molecule has 3 aromatic rings. The molecular weight excluding hydrogens is 362 g/mol. The zero-order valence-electron chi connectivity index (χ0n) is 17.7. The van der Waals surface area contributed by atoms with Gasteiger partial charge in [-0.3, -0.25) is 0 Å². The Morgan fingerprint density at radius 3 is 2.41 bits per heavy atom. The molecule has 2 heterocycles. The molecule has 0 unspecified atom stereocenters. The molecule has 0 atom stereocenters. The fourth-order valence-corrected chi connectivity index (χ4v) is 4.02. The lowest BCUT2D eigenvalue weighted by atomic mass is 10.0. The van der Waals surface area contributed by atoms with Gasteiger partial charge in [0.05, 0.1) is 25.6 Å². The highest BCUT2D eigenvalue weighted by atomic mass is 16.5. The van der Waals surface area contributed by atoms with Gasteiger partial charge >= 0.3 is 0 Å². The van der Waals surface area contributed by atoms with Crippen LogP contribution in [0.1, 0.15) is 43.7 Å². The van der Waals surface area contributed by atoms with Crippen LogP contribution in [-0.2, 0) is 6.42 Å². The van der Waals surface area contributed by atoms with Crippen LogP contribution in [-0.4, -0.2) is 30.5 Å². The summed E-state index contributed by atoms with van der Waals surface area (Å²) in [5.74, 6) is 3.06. The smallest absolute Gasteiger partial charge is 0.133 e. The van der Waals surface area contributed by atoms with Crippen molar-refractivity contribution in [2.24, 2.45) is 0 Å². The maximum atomic E-state index is 5.50. The molecule has 0 radical (unpaired) electrons. The van der Waals surface area contributed by atoms with Crippen molar-refractivity contribution in [1.82, 2.24) is 9.78 Å². The lowest BCUT2D eigenvalue weighted by Crippen LogP contribution is -2.09. The van der Waals surface area contributed by atoms with Gasteiger partial charge in [0.15, 0.2) is 0 Å². The third-order valence-corrected chi connectivity index (χ3v) is 5.54. The molecule has 5 heteroatoms. The number of aromatic nitrogens is 2. The quantitative estimate of drug-likeness (QED) is 0.630. The summed E-state index contributed by atoms with van der Waals surface area (Å²) in [6.07, 6.45) is 3.30. The monoisotopic (exact) mass is 391 g/mol. The number of hydrogen-bond acceptors (Lipinski definition) is 4. The lowest BCUT2D eigenvalue weighted by molar-refractivity contribution is 0.394. The van der Waals surface area contributed by atoms with E-state index in [1.54, 1.807) is 14.2 Å². The van der Waals surface area contributed by atoms with E-state index in [1.165, 1.54) is 11.1 Å². The van der Waals surface area contributed by atoms with E-state index in [9.17, 15) is 0 Å². The number of para-hydroxylation sites is 1. The molecule has 5 nitrogen and oxygen atoms in total. The largest absolute Gasteiger partial charge is 0.497 e. The molecule has 29 heavy (non-hydrogen) atoms. The summed E-state index contributed by atoms with van der Waals surface area (Å²) in [5, 5.41) is 8.75. The minimum Gasteiger partial charge on any atom is -0.497 e. The Morgan fingerprint density at radius 2 is 1.72 bits per heavy atom. The maximum absolute atomic E-state index is 5.50. The van der Waals surface area contributed by atoms with Crippen LogP contribution >= 0.6 is 0 Å². The van der Waals surface area contributed by atoms with Gasteiger partial charge in [0.25, 0.3) is 0 Å². The Balaban J connectivity index is 1.94. The summed E-state index contributed by atoms with van der Waals surface area (Å²) >= 11 is 0. The van der Waals surface area contributed by atoms with Gasteiger partial charge in [-0.1, -0.05) is 32.0 Å². The Kier molecular flexibility index (Phi) is 5.47. The zero-order chi connectivity index (χ0) is 20.4. The average Bonchev–Trinajstić information content (AvgIpc) is 2.93. The van der Waals surface area contributed by atoms with E-state index < -0.39 is 0 Å². The van der Waals surface area contributed by atoms with Crippen molar-refractivity contribution in [3.63, 3.8) is 0 Å². The molecule has 1 aliphatic rings. The molecule has 1 aromatic heterocycles. The van der Waals surface area contributed by atoms with E-state index in [2.05, 4.69) is 48.1 Å². The minimum atomic E-state index is 0.414. The molecule has 152 valence electrons. The van der Waals surface area contributed by atoms with Gasteiger partial charge in [-0.15, -0.1) is 0 Å². The van der Waals surface area contributed by atoms with Gasteiger partial charge in [-0.2, -0.15) is 5.10 Å². The van der Waals surface area contributed by atoms with Gasteiger partial charge in [0.2, 0.25) is 0 Å². The van der Waals surface area contributed by atoms with Crippen molar-refractivity contribution in [2.75, 3.05) is 26.1 Å². The molecule has 0 fully saturated rings. The van der Waals surface area contributed by atoms with E-state index in [0.717, 1.165) is 60.1 Å². The highest BCUT2D eigenvalue weighted by Crippen LogP contribution is 2.38. The normalized spacial score (nSPS) is 13.6. The number of rotatable bonds is 5. The molecule has 1 aliphatic heterocycles. The van der Waals surface area contributed by atoms with Gasteiger partial charge < -0.3 is 14.8 Å². The number of hydrogen-bond donors (Lipinski definition) is 1. The number of benzene rings is 2. The van der Waals surface area contributed by atoms with Crippen LogP contribution in [0.15, 0.2) is 42.5 Å². The predicted molar refractivity (Wildman–Crippen MR) is 118 cm³/mol. The van der Waals surface area contributed by atoms with E-state index in [-0.39, 0.29) is 0 Å². The first kappa shape index (κ1) is 19.4.